The molecule has 1 aliphatic rings. The van der Waals surface area contributed by atoms with Gasteiger partial charge in [0.25, 0.3) is 5.91 Å². The van der Waals surface area contributed by atoms with Crippen LogP contribution in [-0.2, 0) is 0 Å². The minimum Gasteiger partial charge on any atom is -0.382 e. The Labute approximate surface area is 252 Å². The van der Waals surface area contributed by atoms with Crippen molar-refractivity contribution < 1.29 is 4.79 Å². The summed E-state index contributed by atoms with van der Waals surface area (Å²) in [6.07, 6.45) is 5.23. The average Bonchev–Trinajstić information content (AvgIpc) is 3.30. The number of rotatable bonds is 5. The highest BCUT2D eigenvalue weighted by molar-refractivity contribution is 6.16. The molecule has 7 rings (SSSR count). The maximum atomic E-state index is 12.6. The number of nitrogens with zero attached hydrogens (tertiary/aromatic N) is 2. The van der Waals surface area contributed by atoms with E-state index in [2.05, 4.69) is 104 Å². The molecule has 1 saturated carbocycles. The molecule has 0 bridgehead atoms. The summed E-state index contributed by atoms with van der Waals surface area (Å²) in [5.41, 5.74) is 14.1. The van der Waals surface area contributed by atoms with E-state index in [1.165, 1.54) is 17.2 Å². The number of aromatic nitrogens is 2. The Morgan fingerprint density at radius 2 is 1.58 bits per heavy atom. The SMILES string of the molecule is CC1(C)CC(Nc2cc(-n3c4ccccc4c4c(-c5cnc6ccccc6c5)cccc43)ccc2C(N)=O)CC(C)(C)C1. The van der Waals surface area contributed by atoms with Gasteiger partial charge in [-0.15, -0.1) is 0 Å². The molecule has 0 radical (unpaired) electrons. The van der Waals surface area contributed by atoms with Crippen molar-refractivity contribution >= 4 is 44.3 Å². The topological polar surface area (TPSA) is 72.9 Å². The molecule has 4 aromatic carbocycles. The van der Waals surface area contributed by atoms with E-state index in [0.717, 1.165) is 57.3 Å². The molecular weight excluding hydrogens is 528 g/mol. The number of hydrogen-bond acceptors (Lipinski definition) is 3. The predicted molar refractivity (Wildman–Crippen MR) is 179 cm³/mol. The minimum atomic E-state index is -0.420. The normalized spacial score (nSPS) is 16.6. The van der Waals surface area contributed by atoms with Crippen LogP contribution in [0.15, 0.2) is 97.2 Å². The maximum absolute atomic E-state index is 12.6. The molecule has 0 aliphatic heterocycles. The third-order valence-corrected chi connectivity index (χ3v) is 9.04. The summed E-state index contributed by atoms with van der Waals surface area (Å²) in [6.45, 7) is 9.37. The van der Waals surface area contributed by atoms with Gasteiger partial charge >= 0.3 is 0 Å². The maximum Gasteiger partial charge on any atom is 0.250 e. The lowest BCUT2D eigenvalue weighted by Crippen LogP contribution is -2.40. The summed E-state index contributed by atoms with van der Waals surface area (Å²) in [5, 5.41) is 7.24. The standard InChI is InChI=1S/C38H38N4O/c1-37(2)20-26(21-38(3,4)23-37)41-32-19-27(16-17-29(32)36(39)43)42-33-14-8-6-11-30(33)35-28(12-9-15-34(35)42)25-18-24-10-5-7-13-31(24)40-22-25/h5-19,22,26,41H,20-21,23H2,1-4H3,(H2,39,43). The van der Waals surface area contributed by atoms with Gasteiger partial charge in [-0.25, -0.2) is 0 Å². The molecular formula is C38H38N4O. The Kier molecular flexibility index (Phi) is 6.31. The van der Waals surface area contributed by atoms with Crippen LogP contribution in [0.5, 0.6) is 0 Å². The molecule has 0 spiro atoms. The van der Waals surface area contributed by atoms with E-state index < -0.39 is 5.91 Å². The van der Waals surface area contributed by atoms with Gasteiger partial charge in [-0.1, -0.05) is 76.2 Å². The average molecular weight is 567 g/mol. The summed E-state index contributed by atoms with van der Waals surface area (Å²) in [5.74, 6) is -0.420. The first-order valence-corrected chi connectivity index (χ1v) is 15.2. The van der Waals surface area contributed by atoms with E-state index in [9.17, 15) is 4.79 Å². The molecule has 2 heterocycles. The molecule has 1 fully saturated rings. The summed E-state index contributed by atoms with van der Waals surface area (Å²) in [7, 11) is 0. The predicted octanol–water partition coefficient (Wildman–Crippen LogP) is 9.11. The zero-order valence-corrected chi connectivity index (χ0v) is 25.3. The van der Waals surface area contributed by atoms with Crippen molar-refractivity contribution in [2.45, 2.75) is 53.0 Å². The van der Waals surface area contributed by atoms with Crippen LogP contribution in [0, 0.1) is 10.8 Å². The second-order valence-corrected chi connectivity index (χ2v) is 13.8. The molecule has 6 aromatic rings. The molecule has 1 amide bonds. The number of benzene rings is 4. The van der Waals surface area contributed by atoms with Gasteiger partial charge in [0.2, 0.25) is 0 Å². The smallest absolute Gasteiger partial charge is 0.250 e. The molecule has 216 valence electrons. The Morgan fingerprint density at radius 3 is 2.37 bits per heavy atom. The Morgan fingerprint density at radius 1 is 0.860 bits per heavy atom. The van der Waals surface area contributed by atoms with E-state index in [1.54, 1.807) is 0 Å². The number of amides is 1. The number of carbonyl (C=O) groups is 1. The van der Waals surface area contributed by atoms with Crippen molar-refractivity contribution in [2.24, 2.45) is 16.6 Å². The largest absolute Gasteiger partial charge is 0.382 e. The minimum absolute atomic E-state index is 0.213. The van der Waals surface area contributed by atoms with Gasteiger partial charge < -0.3 is 15.6 Å². The lowest BCUT2D eigenvalue weighted by Gasteiger charge is -2.45. The monoisotopic (exact) mass is 566 g/mol. The summed E-state index contributed by atoms with van der Waals surface area (Å²) in [6, 6.07) is 31.7. The second kappa shape index (κ2) is 9.98. The first-order chi connectivity index (χ1) is 20.6. The van der Waals surface area contributed by atoms with Gasteiger partial charge in [-0.2, -0.15) is 0 Å². The van der Waals surface area contributed by atoms with Gasteiger partial charge in [0.1, 0.15) is 0 Å². The molecule has 5 heteroatoms. The lowest BCUT2D eigenvalue weighted by atomic mass is 9.63. The number of primary amides is 1. The van der Waals surface area contributed by atoms with E-state index in [1.807, 2.05) is 30.5 Å². The highest BCUT2D eigenvalue weighted by Crippen LogP contribution is 2.47. The van der Waals surface area contributed by atoms with Crippen molar-refractivity contribution in [2.75, 3.05) is 5.32 Å². The zero-order valence-electron chi connectivity index (χ0n) is 25.3. The van der Waals surface area contributed by atoms with Crippen LogP contribution in [0.2, 0.25) is 0 Å². The first-order valence-electron chi connectivity index (χ1n) is 15.2. The van der Waals surface area contributed by atoms with Crippen molar-refractivity contribution in [3.05, 3.63) is 103 Å². The molecule has 5 nitrogen and oxygen atoms in total. The number of carbonyl (C=O) groups excluding carboxylic acids is 1. The van der Waals surface area contributed by atoms with Crippen molar-refractivity contribution in [3.8, 4) is 16.8 Å². The molecule has 2 aromatic heterocycles. The Balaban J connectivity index is 1.40. The van der Waals surface area contributed by atoms with Gasteiger partial charge in [-0.05, 0) is 78.1 Å². The van der Waals surface area contributed by atoms with Crippen LogP contribution < -0.4 is 11.1 Å². The molecule has 0 atom stereocenters. The third kappa shape index (κ3) is 4.93. The number of fused-ring (bicyclic) bond motifs is 4. The molecule has 0 saturated heterocycles. The Bertz CT molecular complexity index is 2020. The van der Waals surface area contributed by atoms with Crippen molar-refractivity contribution in [1.29, 1.82) is 0 Å². The first kappa shape index (κ1) is 27.2. The van der Waals surface area contributed by atoms with E-state index in [0.29, 0.717) is 5.56 Å². The Hall–Kier alpha value is -4.64. The number of para-hydroxylation sites is 2. The van der Waals surface area contributed by atoms with E-state index >= 15 is 0 Å². The second-order valence-electron chi connectivity index (χ2n) is 13.8. The van der Waals surface area contributed by atoms with Crippen molar-refractivity contribution in [3.63, 3.8) is 0 Å². The van der Waals surface area contributed by atoms with Crippen LogP contribution in [0.4, 0.5) is 5.69 Å². The quantitative estimate of drug-likeness (QED) is 0.219. The lowest BCUT2D eigenvalue weighted by molar-refractivity contribution is 0.1000. The fourth-order valence-electron chi connectivity index (χ4n) is 7.93. The third-order valence-electron chi connectivity index (χ3n) is 9.04. The van der Waals surface area contributed by atoms with Gasteiger partial charge in [0, 0.05) is 45.3 Å². The molecule has 3 N–H and O–H groups in total. The number of nitrogens with two attached hydrogens (primary N) is 1. The summed E-state index contributed by atoms with van der Waals surface area (Å²) >= 11 is 0. The summed E-state index contributed by atoms with van der Waals surface area (Å²) < 4.78 is 2.30. The molecule has 43 heavy (non-hydrogen) atoms. The highest BCUT2D eigenvalue weighted by Gasteiger charge is 2.38. The van der Waals surface area contributed by atoms with Crippen LogP contribution in [0.25, 0.3) is 49.5 Å². The van der Waals surface area contributed by atoms with Crippen molar-refractivity contribution in [1.82, 2.24) is 9.55 Å². The number of hydrogen-bond donors (Lipinski definition) is 2. The van der Waals surface area contributed by atoms with E-state index in [-0.39, 0.29) is 16.9 Å². The highest BCUT2D eigenvalue weighted by atomic mass is 16.1. The van der Waals surface area contributed by atoms with Crippen LogP contribution >= 0.6 is 0 Å². The van der Waals surface area contributed by atoms with Gasteiger partial charge in [0.05, 0.1) is 22.1 Å². The van der Waals surface area contributed by atoms with Gasteiger partial charge in [-0.3, -0.25) is 9.78 Å². The zero-order chi connectivity index (χ0) is 29.9. The van der Waals surface area contributed by atoms with E-state index in [4.69, 9.17) is 10.7 Å². The number of nitrogens with one attached hydrogen (secondary N) is 1. The fraction of sp³-hybridized carbons (Fsp3) is 0.263. The number of pyridine rings is 1. The molecule has 1 aliphatic carbocycles. The van der Waals surface area contributed by atoms with Crippen LogP contribution in [-0.4, -0.2) is 21.5 Å². The van der Waals surface area contributed by atoms with Gasteiger partial charge in [0.15, 0.2) is 0 Å². The van der Waals surface area contributed by atoms with Crippen LogP contribution in [0.3, 0.4) is 0 Å². The van der Waals surface area contributed by atoms with Crippen LogP contribution in [0.1, 0.15) is 57.3 Å². The fourth-order valence-corrected chi connectivity index (χ4v) is 7.93. The number of anilines is 1. The molecule has 0 unspecified atom stereocenters. The summed E-state index contributed by atoms with van der Waals surface area (Å²) in [4.78, 5) is 17.4.